The van der Waals surface area contributed by atoms with E-state index in [1.54, 1.807) is 7.11 Å². The SMILES string of the molecule is COc1ccc([C@H]2Oc3ccccc3[C@@H]3CC(c4ccccc4)=NN23)cc1. The summed E-state index contributed by atoms with van der Waals surface area (Å²) in [4.78, 5) is 0. The lowest BCUT2D eigenvalue weighted by Crippen LogP contribution is -2.33. The number of para-hydroxylation sites is 1. The molecule has 0 aromatic heterocycles. The molecule has 2 aliphatic rings. The first kappa shape index (κ1) is 15.9. The van der Waals surface area contributed by atoms with E-state index in [0.717, 1.165) is 34.8 Å². The third kappa shape index (κ3) is 2.74. The maximum absolute atomic E-state index is 6.37. The number of hydrogen-bond acceptors (Lipinski definition) is 4. The molecule has 3 aromatic carbocycles. The number of benzene rings is 3. The summed E-state index contributed by atoms with van der Waals surface area (Å²) in [6, 6.07) is 26.8. The summed E-state index contributed by atoms with van der Waals surface area (Å²) in [6.45, 7) is 0. The van der Waals surface area contributed by atoms with Crippen LogP contribution in [0.1, 0.15) is 35.4 Å². The van der Waals surface area contributed by atoms with Crippen LogP contribution in [-0.4, -0.2) is 17.8 Å². The molecule has 2 atom stereocenters. The van der Waals surface area contributed by atoms with Crippen molar-refractivity contribution in [3.05, 3.63) is 95.6 Å². The van der Waals surface area contributed by atoms with Crippen LogP contribution < -0.4 is 9.47 Å². The minimum Gasteiger partial charge on any atom is -0.497 e. The molecular formula is C23H20N2O2. The molecule has 0 N–H and O–H groups in total. The number of fused-ring (bicyclic) bond motifs is 3. The highest BCUT2D eigenvalue weighted by Crippen LogP contribution is 2.47. The fourth-order valence-corrected chi connectivity index (χ4v) is 3.83. The molecule has 0 fully saturated rings. The second kappa shape index (κ2) is 6.47. The van der Waals surface area contributed by atoms with Crippen molar-refractivity contribution in [2.75, 3.05) is 7.11 Å². The summed E-state index contributed by atoms with van der Waals surface area (Å²) < 4.78 is 11.7. The third-order valence-electron chi connectivity index (χ3n) is 5.21. The number of rotatable bonds is 3. The highest BCUT2D eigenvalue weighted by molar-refractivity contribution is 6.01. The van der Waals surface area contributed by atoms with E-state index < -0.39 is 0 Å². The molecule has 0 spiro atoms. The van der Waals surface area contributed by atoms with Crippen LogP contribution in [0.2, 0.25) is 0 Å². The van der Waals surface area contributed by atoms with Crippen molar-refractivity contribution in [1.82, 2.24) is 5.01 Å². The zero-order valence-corrected chi connectivity index (χ0v) is 15.1. The lowest BCUT2D eigenvalue weighted by molar-refractivity contribution is -0.0190. The number of hydrogen-bond donors (Lipinski definition) is 0. The Morgan fingerprint density at radius 1 is 0.926 bits per heavy atom. The van der Waals surface area contributed by atoms with Gasteiger partial charge in [-0.25, -0.2) is 5.01 Å². The number of methoxy groups -OCH3 is 1. The molecule has 0 saturated heterocycles. The Kier molecular flexibility index (Phi) is 3.82. The van der Waals surface area contributed by atoms with Gasteiger partial charge in [0, 0.05) is 17.5 Å². The fourth-order valence-electron chi connectivity index (χ4n) is 3.83. The summed E-state index contributed by atoms with van der Waals surface area (Å²) in [7, 11) is 1.68. The van der Waals surface area contributed by atoms with Crippen LogP contribution in [0.15, 0.2) is 84.0 Å². The van der Waals surface area contributed by atoms with E-state index in [0.29, 0.717) is 0 Å². The quantitative estimate of drug-likeness (QED) is 0.667. The van der Waals surface area contributed by atoms with Crippen molar-refractivity contribution in [2.45, 2.75) is 18.7 Å². The van der Waals surface area contributed by atoms with Crippen LogP contribution in [-0.2, 0) is 0 Å². The van der Waals surface area contributed by atoms with Gasteiger partial charge in [-0.3, -0.25) is 0 Å². The first-order chi connectivity index (χ1) is 13.3. The third-order valence-corrected chi connectivity index (χ3v) is 5.21. The minimum absolute atomic E-state index is 0.178. The lowest BCUT2D eigenvalue weighted by atomic mass is 9.96. The Morgan fingerprint density at radius 2 is 1.67 bits per heavy atom. The summed E-state index contributed by atoms with van der Waals surface area (Å²) >= 11 is 0. The van der Waals surface area contributed by atoms with E-state index in [1.807, 2.05) is 42.5 Å². The zero-order valence-electron chi connectivity index (χ0n) is 15.1. The maximum Gasteiger partial charge on any atom is 0.213 e. The maximum atomic E-state index is 6.37. The Labute approximate surface area is 158 Å². The first-order valence-corrected chi connectivity index (χ1v) is 9.14. The van der Waals surface area contributed by atoms with Crippen LogP contribution in [0, 0.1) is 0 Å². The molecule has 0 saturated carbocycles. The molecule has 0 unspecified atom stereocenters. The van der Waals surface area contributed by atoms with Gasteiger partial charge in [0.05, 0.1) is 18.9 Å². The number of ether oxygens (including phenoxy) is 2. The molecule has 27 heavy (non-hydrogen) atoms. The van der Waals surface area contributed by atoms with E-state index in [9.17, 15) is 0 Å². The summed E-state index contributed by atoms with van der Waals surface area (Å²) in [5, 5.41) is 7.08. The minimum atomic E-state index is -0.253. The molecule has 2 heterocycles. The molecule has 5 rings (SSSR count). The van der Waals surface area contributed by atoms with Gasteiger partial charge in [-0.15, -0.1) is 0 Å². The van der Waals surface area contributed by atoms with E-state index in [1.165, 1.54) is 5.56 Å². The van der Waals surface area contributed by atoms with Gasteiger partial charge in [0.25, 0.3) is 0 Å². The normalized spacial score (nSPS) is 20.3. The predicted octanol–water partition coefficient (Wildman–Crippen LogP) is 4.94. The van der Waals surface area contributed by atoms with Crippen LogP contribution >= 0.6 is 0 Å². The zero-order chi connectivity index (χ0) is 18.2. The van der Waals surface area contributed by atoms with Gasteiger partial charge in [-0.05, 0) is 35.9 Å². The second-order valence-electron chi connectivity index (χ2n) is 6.79. The first-order valence-electron chi connectivity index (χ1n) is 9.14. The van der Waals surface area contributed by atoms with E-state index in [2.05, 4.69) is 41.4 Å². The Morgan fingerprint density at radius 3 is 2.44 bits per heavy atom. The van der Waals surface area contributed by atoms with Crippen LogP contribution in [0.3, 0.4) is 0 Å². The van der Waals surface area contributed by atoms with Crippen molar-refractivity contribution in [1.29, 1.82) is 0 Å². The van der Waals surface area contributed by atoms with Crippen molar-refractivity contribution in [3.63, 3.8) is 0 Å². The second-order valence-corrected chi connectivity index (χ2v) is 6.79. The Balaban J connectivity index is 1.57. The van der Waals surface area contributed by atoms with Gasteiger partial charge in [0.15, 0.2) is 0 Å². The highest BCUT2D eigenvalue weighted by atomic mass is 16.5. The van der Waals surface area contributed by atoms with Crippen molar-refractivity contribution in [3.8, 4) is 11.5 Å². The Bertz CT molecular complexity index is 983. The Hall–Kier alpha value is -3.27. The van der Waals surface area contributed by atoms with E-state index >= 15 is 0 Å². The largest absolute Gasteiger partial charge is 0.497 e. The molecule has 4 nitrogen and oxygen atoms in total. The molecule has 0 amide bonds. The summed E-state index contributed by atoms with van der Waals surface area (Å²) in [6.07, 6.45) is 0.619. The van der Waals surface area contributed by atoms with Gasteiger partial charge in [-0.2, -0.15) is 5.10 Å². The topological polar surface area (TPSA) is 34.1 Å². The lowest BCUT2D eigenvalue weighted by Gasteiger charge is -2.38. The van der Waals surface area contributed by atoms with Crippen molar-refractivity contribution >= 4 is 5.71 Å². The average Bonchev–Trinajstić information content (AvgIpc) is 3.20. The molecule has 0 radical (unpaired) electrons. The van der Waals surface area contributed by atoms with E-state index in [4.69, 9.17) is 14.6 Å². The van der Waals surface area contributed by atoms with Crippen molar-refractivity contribution < 1.29 is 9.47 Å². The molecule has 2 aliphatic heterocycles. The standard InChI is InChI=1S/C23H20N2O2/c1-26-18-13-11-17(12-14-18)23-25-21(19-9-5-6-10-22(19)27-23)15-20(24-25)16-7-3-2-4-8-16/h2-14,21,23H,15H2,1H3/t21-,23+/m0/s1. The molecule has 3 aromatic rings. The van der Waals surface area contributed by atoms with Gasteiger partial charge in [0.2, 0.25) is 6.23 Å². The van der Waals surface area contributed by atoms with Gasteiger partial charge in [-0.1, -0.05) is 48.5 Å². The van der Waals surface area contributed by atoms with Crippen LogP contribution in [0.4, 0.5) is 0 Å². The van der Waals surface area contributed by atoms with Gasteiger partial charge in [0.1, 0.15) is 11.5 Å². The summed E-state index contributed by atoms with van der Waals surface area (Å²) in [5.74, 6) is 1.77. The number of nitrogens with zero attached hydrogens (tertiary/aromatic N) is 2. The van der Waals surface area contributed by atoms with Crippen LogP contribution in [0.25, 0.3) is 0 Å². The fraction of sp³-hybridized carbons (Fsp3) is 0.174. The van der Waals surface area contributed by atoms with Gasteiger partial charge >= 0.3 is 0 Å². The highest BCUT2D eigenvalue weighted by Gasteiger charge is 2.40. The number of hydrazone groups is 1. The molecule has 0 bridgehead atoms. The summed E-state index contributed by atoms with van der Waals surface area (Å²) in [5.41, 5.74) is 4.52. The van der Waals surface area contributed by atoms with Gasteiger partial charge < -0.3 is 9.47 Å². The average molecular weight is 356 g/mol. The van der Waals surface area contributed by atoms with Crippen LogP contribution in [0.5, 0.6) is 11.5 Å². The molecule has 134 valence electrons. The predicted molar refractivity (Wildman–Crippen MR) is 105 cm³/mol. The molecule has 0 aliphatic carbocycles. The van der Waals surface area contributed by atoms with Crippen molar-refractivity contribution in [2.24, 2.45) is 5.10 Å². The smallest absolute Gasteiger partial charge is 0.213 e. The molecule has 4 heteroatoms. The monoisotopic (exact) mass is 356 g/mol. The molecular weight excluding hydrogens is 336 g/mol. The van der Waals surface area contributed by atoms with E-state index in [-0.39, 0.29) is 12.3 Å².